The normalized spacial score (nSPS) is 16.7. The van der Waals surface area contributed by atoms with Gasteiger partial charge in [-0.15, -0.1) is 11.6 Å². The summed E-state index contributed by atoms with van der Waals surface area (Å²) < 4.78 is 3.59. The number of halogens is 2. The summed E-state index contributed by atoms with van der Waals surface area (Å²) in [6.07, 6.45) is 0.836. The molecule has 1 aromatic heterocycles. The summed E-state index contributed by atoms with van der Waals surface area (Å²) in [5, 5.41) is 0. The first-order valence-corrected chi connectivity index (χ1v) is 10.1. The number of imidazole rings is 1. The zero-order valence-corrected chi connectivity index (χ0v) is 15.6. The van der Waals surface area contributed by atoms with Gasteiger partial charge in [0.15, 0.2) is 0 Å². The van der Waals surface area contributed by atoms with Crippen molar-refractivity contribution in [2.24, 2.45) is 0 Å². The highest BCUT2D eigenvalue weighted by atomic mass is 127. The number of fused-ring (bicyclic) bond motifs is 1. The monoisotopic (exact) mass is 435 g/mol. The number of alkyl halides is 1. The number of benzene rings is 1. The zero-order chi connectivity index (χ0) is 14.7. The quantitative estimate of drug-likeness (QED) is 0.530. The Kier molecular flexibility index (Phi) is 5.70. The molecule has 1 aliphatic rings. The van der Waals surface area contributed by atoms with Crippen molar-refractivity contribution in [1.29, 1.82) is 0 Å². The van der Waals surface area contributed by atoms with Gasteiger partial charge in [-0.25, -0.2) is 4.98 Å². The molecule has 6 heteroatoms. The highest BCUT2D eigenvalue weighted by molar-refractivity contribution is 14.1. The van der Waals surface area contributed by atoms with E-state index >= 15 is 0 Å². The van der Waals surface area contributed by atoms with Crippen molar-refractivity contribution in [3.63, 3.8) is 0 Å². The summed E-state index contributed by atoms with van der Waals surface area (Å²) in [6.45, 7) is 4.53. The minimum atomic E-state index is 0.626. The predicted octanol–water partition coefficient (Wildman–Crippen LogP) is 3.47. The Morgan fingerprint density at radius 3 is 2.81 bits per heavy atom. The number of thioether (sulfide) groups is 1. The van der Waals surface area contributed by atoms with E-state index < -0.39 is 0 Å². The minimum absolute atomic E-state index is 0.626. The standard InChI is InChI=1S/C15H19ClIN3S/c16-4-3-15-18-13-11-12(17)1-2-14(13)20(15)6-5-19-7-9-21-10-8-19/h1-2,11H,3-10H2. The molecule has 3 rings (SSSR count). The van der Waals surface area contributed by atoms with Gasteiger partial charge < -0.3 is 4.57 Å². The van der Waals surface area contributed by atoms with Crippen LogP contribution in [0.15, 0.2) is 18.2 Å². The van der Waals surface area contributed by atoms with Gasteiger partial charge >= 0.3 is 0 Å². The lowest BCUT2D eigenvalue weighted by atomic mass is 10.3. The highest BCUT2D eigenvalue weighted by Crippen LogP contribution is 2.20. The van der Waals surface area contributed by atoms with Crippen molar-refractivity contribution in [3.8, 4) is 0 Å². The van der Waals surface area contributed by atoms with Gasteiger partial charge in [0.2, 0.25) is 0 Å². The van der Waals surface area contributed by atoms with Crippen LogP contribution >= 0.6 is 46.0 Å². The van der Waals surface area contributed by atoms with Crippen LogP contribution < -0.4 is 0 Å². The number of hydrogen-bond donors (Lipinski definition) is 0. The lowest BCUT2D eigenvalue weighted by molar-refractivity contribution is 0.289. The smallest absolute Gasteiger partial charge is 0.111 e. The van der Waals surface area contributed by atoms with Gasteiger partial charge in [-0.05, 0) is 40.8 Å². The third-order valence-electron chi connectivity index (χ3n) is 3.85. The van der Waals surface area contributed by atoms with Crippen molar-refractivity contribution >= 4 is 57.0 Å². The van der Waals surface area contributed by atoms with E-state index in [0.717, 1.165) is 30.9 Å². The molecule has 0 aliphatic carbocycles. The Morgan fingerprint density at radius 2 is 2.05 bits per heavy atom. The zero-order valence-electron chi connectivity index (χ0n) is 11.9. The lowest BCUT2D eigenvalue weighted by Gasteiger charge is -2.26. The SMILES string of the molecule is ClCCc1nc2cc(I)ccc2n1CCN1CCSCC1. The summed E-state index contributed by atoms with van der Waals surface area (Å²) in [4.78, 5) is 7.33. The Bertz CT molecular complexity index is 610. The molecule has 2 heterocycles. The van der Waals surface area contributed by atoms with Gasteiger partial charge in [0.1, 0.15) is 5.82 Å². The van der Waals surface area contributed by atoms with E-state index in [1.54, 1.807) is 0 Å². The second-order valence-electron chi connectivity index (χ2n) is 5.21. The molecular formula is C15H19ClIN3S. The van der Waals surface area contributed by atoms with Crippen molar-refractivity contribution < 1.29 is 0 Å². The molecule has 1 fully saturated rings. The van der Waals surface area contributed by atoms with Gasteiger partial charge in [0.25, 0.3) is 0 Å². The number of aromatic nitrogens is 2. The predicted molar refractivity (Wildman–Crippen MR) is 101 cm³/mol. The fourth-order valence-electron chi connectivity index (χ4n) is 2.74. The third-order valence-corrected chi connectivity index (χ3v) is 5.65. The number of aryl methyl sites for hydroxylation is 1. The van der Waals surface area contributed by atoms with Crippen molar-refractivity contribution in [3.05, 3.63) is 27.6 Å². The Labute approximate surface area is 148 Å². The van der Waals surface area contributed by atoms with Gasteiger partial charge in [0.05, 0.1) is 11.0 Å². The molecule has 3 nitrogen and oxygen atoms in total. The number of hydrogen-bond acceptors (Lipinski definition) is 3. The minimum Gasteiger partial charge on any atom is -0.327 e. The van der Waals surface area contributed by atoms with Crippen LogP contribution in [-0.2, 0) is 13.0 Å². The number of rotatable bonds is 5. The maximum Gasteiger partial charge on any atom is 0.111 e. The highest BCUT2D eigenvalue weighted by Gasteiger charge is 2.14. The van der Waals surface area contributed by atoms with Crippen molar-refractivity contribution in [2.75, 3.05) is 37.0 Å². The molecular weight excluding hydrogens is 417 g/mol. The molecule has 1 saturated heterocycles. The fourth-order valence-corrected chi connectivity index (χ4v) is 4.37. The molecule has 0 saturated carbocycles. The summed E-state index contributed by atoms with van der Waals surface area (Å²) in [5.41, 5.74) is 2.33. The van der Waals surface area contributed by atoms with Gasteiger partial charge in [0, 0.05) is 53.6 Å². The average Bonchev–Trinajstić information content (AvgIpc) is 2.83. The topological polar surface area (TPSA) is 21.1 Å². The van der Waals surface area contributed by atoms with Crippen LogP contribution in [0.4, 0.5) is 0 Å². The molecule has 0 N–H and O–H groups in total. The largest absolute Gasteiger partial charge is 0.327 e. The summed E-state index contributed by atoms with van der Waals surface area (Å²) in [5.74, 6) is 4.27. The average molecular weight is 436 g/mol. The van der Waals surface area contributed by atoms with Crippen LogP contribution in [0.25, 0.3) is 11.0 Å². The van der Waals surface area contributed by atoms with Crippen LogP contribution in [0, 0.1) is 3.57 Å². The van der Waals surface area contributed by atoms with E-state index in [2.05, 4.69) is 62.0 Å². The number of nitrogens with zero attached hydrogens (tertiary/aromatic N) is 3. The van der Waals surface area contributed by atoms with Gasteiger partial charge in [-0.3, -0.25) is 4.90 Å². The van der Waals surface area contributed by atoms with E-state index in [9.17, 15) is 0 Å². The molecule has 0 bridgehead atoms. The summed E-state index contributed by atoms with van der Waals surface area (Å²) in [7, 11) is 0. The molecule has 1 aromatic carbocycles. The lowest BCUT2D eigenvalue weighted by Crippen LogP contribution is -2.35. The molecule has 1 aliphatic heterocycles. The second kappa shape index (κ2) is 7.53. The third kappa shape index (κ3) is 3.86. The van der Waals surface area contributed by atoms with Crippen LogP contribution in [0.3, 0.4) is 0 Å². The first-order valence-electron chi connectivity index (χ1n) is 7.28. The van der Waals surface area contributed by atoms with Crippen LogP contribution in [-0.4, -0.2) is 51.5 Å². The van der Waals surface area contributed by atoms with Crippen LogP contribution in [0.2, 0.25) is 0 Å². The Hall–Kier alpha value is 0.0200. The van der Waals surface area contributed by atoms with Crippen molar-refractivity contribution in [2.45, 2.75) is 13.0 Å². The van der Waals surface area contributed by atoms with E-state index in [1.165, 1.54) is 33.7 Å². The molecule has 2 aromatic rings. The van der Waals surface area contributed by atoms with Crippen LogP contribution in [0.1, 0.15) is 5.82 Å². The van der Waals surface area contributed by atoms with E-state index in [4.69, 9.17) is 16.6 Å². The first-order chi connectivity index (χ1) is 10.3. The molecule has 114 valence electrons. The van der Waals surface area contributed by atoms with E-state index in [-0.39, 0.29) is 0 Å². The second-order valence-corrected chi connectivity index (χ2v) is 8.05. The first kappa shape index (κ1) is 15.9. The maximum atomic E-state index is 5.95. The molecule has 0 atom stereocenters. The summed E-state index contributed by atoms with van der Waals surface area (Å²) in [6, 6.07) is 6.50. The molecule has 0 spiro atoms. The maximum absolute atomic E-state index is 5.95. The van der Waals surface area contributed by atoms with Crippen LogP contribution in [0.5, 0.6) is 0 Å². The van der Waals surface area contributed by atoms with Gasteiger partial charge in [-0.1, -0.05) is 0 Å². The van der Waals surface area contributed by atoms with Gasteiger partial charge in [-0.2, -0.15) is 11.8 Å². The van der Waals surface area contributed by atoms with E-state index in [1.807, 2.05) is 0 Å². The Balaban J connectivity index is 1.82. The van der Waals surface area contributed by atoms with E-state index in [0.29, 0.717) is 5.88 Å². The molecule has 0 unspecified atom stereocenters. The van der Waals surface area contributed by atoms with Crippen molar-refractivity contribution in [1.82, 2.24) is 14.5 Å². The fraction of sp³-hybridized carbons (Fsp3) is 0.533. The Morgan fingerprint density at radius 1 is 1.24 bits per heavy atom. The molecule has 21 heavy (non-hydrogen) atoms. The molecule has 0 radical (unpaired) electrons. The summed E-state index contributed by atoms with van der Waals surface area (Å²) >= 11 is 10.3. The molecule has 0 amide bonds.